The van der Waals surface area contributed by atoms with E-state index >= 15 is 0 Å². The van der Waals surface area contributed by atoms with Crippen LogP contribution in [0.5, 0.6) is 5.75 Å². The highest BCUT2D eigenvalue weighted by Crippen LogP contribution is 2.13. The van der Waals surface area contributed by atoms with Crippen molar-refractivity contribution in [3.63, 3.8) is 0 Å². The van der Waals surface area contributed by atoms with Crippen LogP contribution in [-0.4, -0.2) is 31.1 Å². The van der Waals surface area contributed by atoms with Crippen LogP contribution in [0.2, 0.25) is 0 Å². The van der Waals surface area contributed by atoms with Gasteiger partial charge in [-0.15, -0.1) is 0 Å². The van der Waals surface area contributed by atoms with Crippen LogP contribution in [0.25, 0.3) is 0 Å². The van der Waals surface area contributed by atoms with Gasteiger partial charge in [0.25, 0.3) is 0 Å². The summed E-state index contributed by atoms with van der Waals surface area (Å²) in [6.07, 6.45) is 5.34. The number of rotatable bonds is 4. The lowest BCUT2D eigenvalue weighted by atomic mass is 10.2. The van der Waals surface area contributed by atoms with Crippen LogP contribution in [0.3, 0.4) is 0 Å². The second-order valence-corrected chi connectivity index (χ2v) is 4.74. The minimum absolute atomic E-state index is 0.655. The summed E-state index contributed by atoms with van der Waals surface area (Å²) < 4.78 is 5.70. The van der Waals surface area contributed by atoms with Gasteiger partial charge in [0, 0.05) is 6.54 Å². The second-order valence-electron chi connectivity index (χ2n) is 4.74. The molecule has 0 amide bonds. The van der Waals surface area contributed by atoms with Gasteiger partial charge in [0.05, 0.1) is 11.6 Å². The minimum atomic E-state index is 0.655. The third-order valence-electron chi connectivity index (χ3n) is 3.34. The molecule has 0 aromatic heterocycles. The molecule has 1 aromatic rings. The topological polar surface area (TPSA) is 36.3 Å². The van der Waals surface area contributed by atoms with Crippen molar-refractivity contribution < 1.29 is 4.74 Å². The Morgan fingerprint density at radius 2 is 1.94 bits per heavy atom. The second kappa shape index (κ2) is 7.03. The van der Waals surface area contributed by atoms with E-state index in [4.69, 9.17) is 10.00 Å². The lowest BCUT2D eigenvalue weighted by molar-refractivity contribution is 0.214. The maximum atomic E-state index is 8.81. The van der Waals surface area contributed by atoms with Crippen LogP contribution in [0.15, 0.2) is 24.3 Å². The Kier molecular flexibility index (Phi) is 5.04. The van der Waals surface area contributed by atoms with Crippen molar-refractivity contribution >= 4 is 0 Å². The largest absolute Gasteiger partial charge is 0.492 e. The third kappa shape index (κ3) is 4.05. The Morgan fingerprint density at radius 3 is 2.67 bits per heavy atom. The number of likely N-dealkylation sites (tertiary alicyclic amines) is 1. The third-order valence-corrected chi connectivity index (χ3v) is 3.34. The molecule has 18 heavy (non-hydrogen) atoms. The summed E-state index contributed by atoms with van der Waals surface area (Å²) >= 11 is 0. The molecule has 0 radical (unpaired) electrons. The molecule has 3 nitrogen and oxygen atoms in total. The molecule has 1 aromatic carbocycles. The normalized spacial score (nSPS) is 16.8. The smallest absolute Gasteiger partial charge is 0.120 e. The molecule has 1 heterocycles. The van der Waals surface area contributed by atoms with Crippen molar-refractivity contribution in [2.75, 3.05) is 26.2 Å². The van der Waals surface area contributed by atoms with Crippen molar-refractivity contribution in [3.05, 3.63) is 29.8 Å². The summed E-state index contributed by atoms with van der Waals surface area (Å²) in [4.78, 5) is 2.47. The first kappa shape index (κ1) is 12.9. The van der Waals surface area contributed by atoms with E-state index < -0.39 is 0 Å². The summed E-state index contributed by atoms with van der Waals surface area (Å²) in [5.74, 6) is 0.795. The lowest BCUT2D eigenvalue weighted by Crippen LogP contribution is -2.29. The molecule has 0 N–H and O–H groups in total. The zero-order valence-electron chi connectivity index (χ0n) is 10.8. The highest BCUT2D eigenvalue weighted by Gasteiger charge is 2.08. The van der Waals surface area contributed by atoms with E-state index in [1.54, 1.807) is 12.1 Å². The number of ether oxygens (including phenoxy) is 1. The molecule has 0 spiro atoms. The van der Waals surface area contributed by atoms with Crippen LogP contribution < -0.4 is 4.74 Å². The summed E-state index contributed by atoms with van der Waals surface area (Å²) in [6, 6.07) is 9.48. The molecule has 1 aliphatic rings. The summed E-state index contributed by atoms with van der Waals surface area (Å²) in [5, 5.41) is 8.81. The summed E-state index contributed by atoms with van der Waals surface area (Å²) in [5.41, 5.74) is 0.655. The predicted octanol–water partition coefficient (Wildman–Crippen LogP) is 2.81. The maximum absolute atomic E-state index is 8.81. The number of nitrogens with zero attached hydrogens (tertiary/aromatic N) is 2. The van der Waals surface area contributed by atoms with Crippen molar-refractivity contribution in [3.8, 4) is 11.8 Å². The van der Waals surface area contributed by atoms with Crippen molar-refractivity contribution in [1.82, 2.24) is 4.90 Å². The molecule has 1 aliphatic heterocycles. The Labute approximate surface area is 109 Å². The minimum Gasteiger partial charge on any atom is -0.492 e. The molecule has 0 unspecified atom stereocenters. The predicted molar refractivity (Wildman–Crippen MR) is 71.6 cm³/mol. The average Bonchev–Trinajstić information content (AvgIpc) is 2.68. The van der Waals surface area contributed by atoms with Gasteiger partial charge in [-0.25, -0.2) is 0 Å². The Bertz CT molecular complexity index is 403. The number of hydrogen-bond donors (Lipinski definition) is 0. The molecule has 0 bridgehead atoms. The first-order valence-electron chi connectivity index (χ1n) is 6.74. The highest BCUT2D eigenvalue weighted by atomic mass is 16.5. The summed E-state index contributed by atoms with van der Waals surface area (Å²) in [6.45, 7) is 4.08. The molecule has 3 heteroatoms. The van der Waals surface area contributed by atoms with Gasteiger partial charge >= 0.3 is 0 Å². The fourth-order valence-corrected chi connectivity index (χ4v) is 2.31. The van der Waals surface area contributed by atoms with Gasteiger partial charge in [0.1, 0.15) is 12.4 Å². The molecular formula is C15H20N2O. The van der Waals surface area contributed by atoms with Crippen LogP contribution in [0.1, 0.15) is 31.2 Å². The van der Waals surface area contributed by atoms with Gasteiger partial charge in [-0.1, -0.05) is 18.9 Å². The standard InChI is InChI=1S/C15H20N2O/c16-13-14-6-5-7-15(12-14)18-11-10-17-8-3-1-2-4-9-17/h5-7,12H,1-4,8-11H2. The van der Waals surface area contributed by atoms with E-state index in [2.05, 4.69) is 11.0 Å². The van der Waals surface area contributed by atoms with Crippen molar-refractivity contribution in [2.45, 2.75) is 25.7 Å². The Hall–Kier alpha value is -1.53. The molecule has 2 rings (SSSR count). The molecular weight excluding hydrogens is 224 g/mol. The van der Waals surface area contributed by atoms with E-state index in [9.17, 15) is 0 Å². The number of benzene rings is 1. The summed E-state index contributed by atoms with van der Waals surface area (Å²) in [7, 11) is 0. The highest BCUT2D eigenvalue weighted by molar-refractivity contribution is 5.36. The first-order valence-corrected chi connectivity index (χ1v) is 6.74. The lowest BCUT2D eigenvalue weighted by Gasteiger charge is -2.19. The van der Waals surface area contributed by atoms with E-state index in [0.29, 0.717) is 12.2 Å². The maximum Gasteiger partial charge on any atom is 0.120 e. The Morgan fingerprint density at radius 1 is 1.17 bits per heavy atom. The molecule has 1 saturated heterocycles. The van der Waals surface area contributed by atoms with Gasteiger partial charge in [0.15, 0.2) is 0 Å². The molecule has 1 fully saturated rings. The molecule has 0 aliphatic carbocycles. The van der Waals surface area contributed by atoms with E-state index in [1.165, 1.54) is 38.8 Å². The zero-order valence-corrected chi connectivity index (χ0v) is 10.8. The number of nitriles is 1. The average molecular weight is 244 g/mol. The van der Waals surface area contributed by atoms with Gasteiger partial charge < -0.3 is 4.74 Å². The van der Waals surface area contributed by atoms with Gasteiger partial charge in [-0.3, -0.25) is 4.90 Å². The van der Waals surface area contributed by atoms with Crippen LogP contribution in [0.4, 0.5) is 0 Å². The number of hydrogen-bond acceptors (Lipinski definition) is 3. The van der Waals surface area contributed by atoms with Crippen molar-refractivity contribution in [2.24, 2.45) is 0 Å². The fraction of sp³-hybridized carbons (Fsp3) is 0.533. The van der Waals surface area contributed by atoms with Crippen molar-refractivity contribution in [1.29, 1.82) is 5.26 Å². The Balaban J connectivity index is 1.75. The van der Waals surface area contributed by atoms with Crippen LogP contribution in [0, 0.1) is 11.3 Å². The first-order chi connectivity index (χ1) is 8.88. The van der Waals surface area contributed by atoms with Crippen LogP contribution >= 0.6 is 0 Å². The van der Waals surface area contributed by atoms with E-state index in [1.807, 2.05) is 12.1 Å². The van der Waals surface area contributed by atoms with Gasteiger partial charge in [0.2, 0.25) is 0 Å². The molecule has 0 saturated carbocycles. The van der Waals surface area contributed by atoms with E-state index in [0.717, 1.165) is 12.3 Å². The zero-order chi connectivity index (χ0) is 12.6. The molecule has 96 valence electrons. The van der Waals surface area contributed by atoms with E-state index in [-0.39, 0.29) is 0 Å². The van der Waals surface area contributed by atoms with Crippen LogP contribution in [-0.2, 0) is 0 Å². The SMILES string of the molecule is N#Cc1cccc(OCCN2CCCCCC2)c1. The monoisotopic (exact) mass is 244 g/mol. The quantitative estimate of drug-likeness (QED) is 0.817. The van der Waals surface area contributed by atoms with Gasteiger partial charge in [-0.05, 0) is 44.1 Å². The van der Waals surface area contributed by atoms with Gasteiger partial charge in [-0.2, -0.15) is 5.26 Å². The molecule has 0 atom stereocenters. The fourth-order valence-electron chi connectivity index (χ4n) is 2.31.